The molecule has 1 saturated carbocycles. The summed E-state index contributed by atoms with van der Waals surface area (Å²) in [5, 5.41) is 32.8. The SMILES string of the molecule is CC1=CCC[C@@]2(C)[C@@H](CC[C@@]2(O)CN(C)CCO)c2ccc(cc2C(=O)c2ccc(-c3cc(C(F)(F)F)ccc3Cl)o2)C[C@@H](O)CC1. The zero-order valence-corrected chi connectivity index (χ0v) is 27.8. The van der Waals surface area contributed by atoms with Crippen LogP contribution in [0.3, 0.4) is 0 Å². The second-order valence-corrected chi connectivity index (χ2v) is 14.0. The van der Waals surface area contributed by atoms with Gasteiger partial charge < -0.3 is 24.6 Å². The average Bonchev–Trinajstić information content (AvgIpc) is 3.58. The van der Waals surface area contributed by atoms with Crippen LogP contribution in [0.5, 0.6) is 0 Å². The number of hydrogen-bond donors (Lipinski definition) is 3. The number of halogens is 4. The third kappa shape index (κ3) is 7.39. The van der Waals surface area contributed by atoms with Crippen molar-refractivity contribution in [1.82, 2.24) is 4.90 Å². The molecule has 4 atom stereocenters. The number of benzene rings is 2. The predicted molar refractivity (Wildman–Crippen MR) is 176 cm³/mol. The number of allylic oxidation sites excluding steroid dienone is 2. The van der Waals surface area contributed by atoms with E-state index in [1.165, 1.54) is 17.7 Å². The Labute approximate surface area is 278 Å². The summed E-state index contributed by atoms with van der Waals surface area (Å²) in [4.78, 5) is 16.2. The van der Waals surface area contributed by atoms with Gasteiger partial charge >= 0.3 is 6.18 Å². The number of ketones is 1. The number of furan rings is 1. The van der Waals surface area contributed by atoms with Crippen LogP contribution in [0.1, 0.15) is 91.1 Å². The lowest BCUT2D eigenvalue weighted by molar-refractivity contribution is -0.137. The first kappa shape index (κ1) is 35.4. The van der Waals surface area contributed by atoms with Crippen molar-refractivity contribution < 1.29 is 37.7 Å². The maximum Gasteiger partial charge on any atom is 0.416 e. The van der Waals surface area contributed by atoms with Gasteiger partial charge in [-0.15, -0.1) is 0 Å². The highest BCUT2D eigenvalue weighted by Gasteiger charge is 2.57. The number of aliphatic hydroxyl groups excluding tert-OH is 2. The third-order valence-corrected chi connectivity index (χ3v) is 10.6. The van der Waals surface area contributed by atoms with Crippen molar-refractivity contribution in [1.29, 1.82) is 0 Å². The smallest absolute Gasteiger partial charge is 0.416 e. The standard InChI is InChI=1S/C37H43ClF3NO5/c1-23-5-4-15-35(2)30(14-16-36(35,46)22-42(3)17-18-43)27-10-7-24(19-26(44)9-6-23)20-28(27)34(45)33-13-12-32(47-33)29-21-25(37(39,40)41)8-11-31(29)38/h5,7-8,10-13,20-21,26,30,43-44,46H,4,6,9,14-19,22H2,1-3H3/t26-,30-,35-,36+/m0/s1. The van der Waals surface area contributed by atoms with E-state index in [0.717, 1.165) is 35.7 Å². The summed E-state index contributed by atoms with van der Waals surface area (Å²) in [5.74, 6) is -0.667. The molecule has 2 bridgehead atoms. The van der Waals surface area contributed by atoms with Crippen LogP contribution in [0.2, 0.25) is 5.02 Å². The van der Waals surface area contributed by atoms with Gasteiger partial charge in [0, 0.05) is 29.6 Å². The first-order chi connectivity index (χ1) is 22.1. The van der Waals surface area contributed by atoms with Crippen molar-refractivity contribution >= 4 is 17.4 Å². The van der Waals surface area contributed by atoms with Gasteiger partial charge in [0.05, 0.1) is 28.9 Å². The molecule has 0 spiro atoms. The summed E-state index contributed by atoms with van der Waals surface area (Å²) < 4.78 is 46.3. The number of likely N-dealkylation sites (N-methyl/N-ethyl adjacent to an activating group) is 1. The Morgan fingerprint density at radius 2 is 1.87 bits per heavy atom. The molecule has 3 aliphatic rings. The zero-order valence-electron chi connectivity index (χ0n) is 27.0. The van der Waals surface area contributed by atoms with Crippen molar-refractivity contribution in [3.63, 3.8) is 0 Å². The first-order valence-electron chi connectivity index (χ1n) is 16.1. The summed E-state index contributed by atoms with van der Waals surface area (Å²) in [5.41, 5.74) is 0.471. The van der Waals surface area contributed by atoms with Gasteiger partial charge in [0.25, 0.3) is 0 Å². The van der Waals surface area contributed by atoms with Crippen molar-refractivity contribution in [2.24, 2.45) is 5.41 Å². The maximum atomic E-state index is 14.3. The summed E-state index contributed by atoms with van der Waals surface area (Å²) in [7, 11) is 1.87. The Morgan fingerprint density at radius 3 is 2.60 bits per heavy atom. The van der Waals surface area contributed by atoms with E-state index in [4.69, 9.17) is 16.0 Å². The summed E-state index contributed by atoms with van der Waals surface area (Å²) in [6.45, 7) is 4.88. The van der Waals surface area contributed by atoms with E-state index in [9.17, 15) is 33.3 Å². The fourth-order valence-corrected chi connectivity index (χ4v) is 7.73. The van der Waals surface area contributed by atoms with Crippen LogP contribution in [0, 0.1) is 5.41 Å². The number of carbonyl (C=O) groups is 1. The lowest BCUT2D eigenvalue weighted by Gasteiger charge is -2.45. The molecule has 254 valence electrons. The van der Waals surface area contributed by atoms with Crippen LogP contribution in [0.4, 0.5) is 13.2 Å². The monoisotopic (exact) mass is 673 g/mol. The molecule has 47 heavy (non-hydrogen) atoms. The number of hydrogen-bond acceptors (Lipinski definition) is 6. The van der Waals surface area contributed by atoms with Crippen LogP contribution in [-0.2, 0) is 12.6 Å². The molecule has 6 nitrogen and oxygen atoms in total. The second-order valence-electron chi connectivity index (χ2n) is 13.6. The average molecular weight is 674 g/mol. The number of rotatable bonds is 7. The molecular weight excluding hydrogens is 631 g/mol. The van der Waals surface area contributed by atoms with E-state index in [2.05, 4.69) is 19.9 Å². The summed E-state index contributed by atoms with van der Waals surface area (Å²) >= 11 is 6.27. The molecule has 3 aliphatic carbocycles. The Kier molecular flexibility index (Phi) is 10.4. The minimum Gasteiger partial charge on any atom is -0.453 e. The first-order valence-corrected chi connectivity index (χ1v) is 16.5. The molecule has 6 rings (SSSR count). The van der Waals surface area contributed by atoms with Gasteiger partial charge in [0.15, 0.2) is 5.76 Å². The molecular formula is C37H43ClF3NO5. The van der Waals surface area contributed by atoms with Gasteiger partial charge in [-0.2, -0.15) is 13.2 Å². The highest BCUT2D eigenvalue weighted by atomic mass is 35.5. The molecule has 3 aromatic rings. The number of carbonyl (C=O) groups excluding carboxylic acids is 1. The Hall–Kier alpha value is -2.95. The maximum absolute atomic E-state index is 14.3. The predicted octanol–water partition coefficient (Wildman–Crippen LogP) is 7.81. The van der Waals surface area contributed by atoms with E-state index >= 15 is 0 Å². The molecule has 1 heterocycles. The zero-order chi connectivity index (χ0) is 34.1. The van der Waals surface area contributed by atoms with Crippen molar-refractivity contribution in [2.45, 2.75) is 82.6 Å². The highest BCUT2D eigenvalue weighted by Crippen LogP contribution is 2.58. The molecule has 0 radical (unpaired) electrons. The van der Waals surface area contributed by atoms with Crippen LogP contribution in [-0.4, -0.2) is 64.5 Å². The summed E-state index contributed by atoms with van der Waals surface area (Å²) in [6, 6.07) is 11.5. The number of fused-ring (bicyclic) bond motifs is 8. The minimum absolute atomic E-state index is 0.0240. The molecule has 3 N–H and O–H groups in total. The molecule has 0 aliphatic heterocycles. The van der Waals surface area contributed by atoms with E-state index in [0.29, 0.717) is 57.2 Å². The lowest BCUT2D eigenvalue weighted by Crippen LogP contribution is -2.52. The van der Waals surface area contributed by atoms with E-state index in [1.54, 1.807) is 6.07 Å². The van der Waals surface area contributed by atoms with Crippen LogP contribution in [0.15, 0.2) is 64.6 Å². The third-order valence-electron chi connectivity index (χ3n) is 10.3. The van der Waals surface area contributed by atoms with Gasteiger partial charge in [-0.25, -0.2) is 0 Å². The van der Waals surface area contributed by atoms with Crippen molar-refractivity contribution in [3.05, 3.63) is 93.2 Å². The quantitative estimate of drug-likeness (QED) is 0.175. The van der Waals surface area contributed by atoms with Gasteiger partial charge in [-0.05, 0) is 112 Å². The van der Waals surface area contributed by atoms with Gasteiger partial charge in [0.1, 0.15) is 5.76 Å². The topological polar surface area (TPSA) is 94.1 Å². The molecule has 10 heteroatoms. The van der Waals surface area contributed by atoms with Crippen LogP contribution in [0.25, 0.3) is 11.3 Å². The van der Waals surface area contributed by atoms with E-state index < -0.39 is 34.6 Å². The molecule has 1 aromatic heterocycles. The Morgan fingerprint density at radius 1 is 1.11 bits per heavy atom. The highest BCUT2D eigenvalue weighted by molar-refractivity contribution is 6.33. The molecule has 0 amide bonds. The van der Waals surface area contributed by atoms with Gasteiger partial charge in [-0.3, -0.25) is 4.79 Å². The number of alkyl halides is 3. The largest absolute Gasteiger partial charge is 0.453 e. The van der Waals surface area contributed by atoms with Gasteiger partial charge in [0.2, 0.25) is 5.78 Å². The number of nitrogens with zero attached hydrogens (tertiary/aromatic N) is 1. The Bertz CT molecular complexity index is 1630. The molecule has 2 aromatic carbocycles. The van der Waals surface area contributed by atoms with Crippen LogP contribution < -0.4 is 0 Å². The fraction of sp³-hybridized carbons (Fsp3) is 0.486. The molecule has 0 saturated heterocycles. The van der Waals surface area contributed by atoms with E-state index in [-0.39, 0.29) is 34.6 Å². The normalized spacial score (nSPS) is 25.5. The van der Waals surface area contributed by atoms with Crippen molar-refractivity contribution in [2.75, 3.05) is 26.7 Å². The lowest BCUT2D eigenvalue weighted by atomic mass is 9.64. The van der Waals surface area contributed by atoms with Crippen molar-refractivity contribution in [3.8, 4) is 11.3 Å². The van der Waals surface area contributed by atoms with E-state index in [1.807, 2.05) is 24.1 Å². The second kappa shape index (κ2) is 13.9. The summed E-state index contributed by atoms with van der Waals surface area (Å²) in [6.07, 6.45) is 1.08. The number of aliphatic hydroxyl groups is 3. The van der Waals surface area contributed by atoms with Gasteiger partial charge in [-0.1, -0.05) is 42.3 Å². The fourth-order valence-electron chi connectivity index (χ4n) is 7.52. The minimum atomic E-state index is -4.58. The van der Waals surface area contributed by atoms with Crippen LogP contribution >= 0.6 is 11.6 Å². The molecule has 1 fully saturated rings. The molecule has 0 unspecified atom stereocenters. The Balaban J connectivity index is 1.59.